The van der Waals surface area contributed by atoms with Gasteiger partial charge in [-0.1, -0.05) is 13.8 Å². The average molecular weight is 278 g/mol. The highest BCUT2D eigenvalue weighted by molar-refractivity contribution is 7.13. The lowest BCUT2D eigenvalue weighted by molar-refractivity contribution is -0.141. The van der Waals surface area contributed by atoms with Crippen molar-refractivity contribution < 1.29 is 9.59 Å². The predicted octanol–water partition coefficient (Wildman–Crippen LogP) is 2.79. The molecule has 1 amide bonds. The summed E-state index contributed by atoms with van der Waals surface area (Å²) in [6.07, 6.45) is 2.21. The van der Waals surface area contributed by atoms with E-state index < -0.39 is 5.41 Å². The van der Waals surface area contributed by atoms with Gasteiger partial charge in [-0.25, -0.2) is 4.98 Å². The van der Waals surface area contributed by atoms with Crippen molar-refractivity contribution >= 4 is 28.2 Å². The van der Waals surface area contributed by atoms with Gasteiger partial charge in [-0.2, -0.15) is 0 Å². The minimum absolute atomic E-state index is 0.111. The minimum atomic E-state index is -0.836. The first-order valence-electron chi connectivity index (χ1n) is 6.65. The number of carbonyl (C=O) groups excluding carboxylic acids is 2. The van der Waals surface area contributed by atoms with Gasteiger partial charge in [0, 0.05) is 11.8 Å². The molecule has 2 saturated carbocycles. The number of nitrogens with one attached hydrogen (secondary N) is 1. The van der Waals surface area contributed by atoms with Crippen molar-refractivity contribution in [2.45, 2.75) is 40.0 Å². The zero-order chi connectivity index (χ0) is 13.8. The van der Waals surface area contributed by atoms with Gasteiger partial charge in [0.05, 0.1) is 5.69 Å². The maximum atomic E-state index is 12.7. The number of rotatable bonds is 2. The number of thiazole rings is 1. The fourth-order valence-electron chi connectivity index (χ4n) is 3.82. The van der Waals surface area contributed by atoms with Crippen LogP contribution in [0.4, 0.5) is 5.13 Å². The Morgan fingerprint density at radius 1 is 1.53 bits per heavy atom. The van der Waals surface area contributed by atoms with Gasteiger partial charge in [-0.3, -0.25) is 9.59 Å². The summed E-state index contributed by atoms with van der Waals surface area (Å²) in [6, 6.07) is 0. The van der Waals surface area contributed by atoms with E-state index in [1.165, 1.54) is 11.3 Å². The van der Waals surface area contributed by atoms with Crippen molar-refractivity contribution in [3.8, 4) is 0 Å². The highest BCUT2D eigenvalue weighted by atomic mass is 32.1. The maximum Gasteiger partial charge on any atom is 0.240 e. The molecule has 0 aliphatic heterocycles. The van der Waals surface area contributed by atoms with Gasteiger partial charge in [0.15, 0.2) is 5.13 Å². The molecule has 1 heterocycles. The standard InChI is InChI=1S/C14H18N2O2S/c1-8-7-19-12(15-8)16-11(18)14-5-4-9(6-10(14)17)13(14,2)3/h7,9H,4-6H2,1-3H3,(H,15,16,18). The number of nitrogens with zero attached hydrogens (tertiary/aromatic N) is 1. The molecule has 1 aromatic heterocycles. The van der Waals surface area contributed by atoms with Crippen molar-refractivity contribution in [2.24, 2.45) is 16.7 Å². The summed E-state index contributed by atoms with van der Waals surface area (Å²) in [5.41, 5.74) is -0.184. The molecular formula is C14H18N2O2S. The Balaban J connectivity index is 1.92. The molecule has 0 spiro atoms. The summed E-state index contributed by atoms with van der Waals surface area (Å²) in [5, 5.41) is 5.35. The third-order valence-corrected chi connectivity index (χ3v) is 6.00. The molecule has 4 nitrogen and oxygen atoms in total. The van der Waals surface area contributed by atoms with Crippen LogP contribution in [-0.2, 0) is 9.59 Å². The van der Waals surface area contributed by atoms with Crippen LogP contribution in [-0.4, -0.2) is 16.7 Å². The Kier molecular flexibility index (Phi) is 2.61. The number of anilines is 1. The molecule has 1 N–H and O–H groups in total. The number of aryl methyl sites for hydroxylation is 1. The molecule has 2 aliphatic rings. The third-order valence-electron chi connectivity index (χ3n) is 5.12. The molecule has 19 heavy (non-hydrogen) atoms. The Labute approximate surface area is 116 Å². The van der Waals surface area contributed by atoms with Crippen LogP contribution in [0.1, 0.15) is 38.8 Å². The van der Waals surface area contributed by atoms with Crippen LogP contribution in [0.15, 0.2) is 5.38 Å². The molecule has 5 heteroatoms. The van der Waals surface area contributed by atoms with Crippen LogP contribution in [0.2, 0.25) is 0 Å². The number of Topliss-reactive ketones (excluding diaryl/α,β-unsaturated/α-hetero) is 1. The van der Waals surface area contributed by atoms with E-state index in [0.29, 0.717) is 23.9 Å². The molecule has 2 atom stereocenters. The SMILES string of the molecule is Cc1csc(NC(=O)C23CCC(CC2=O)C3(C)C)n1. The van der Waals surface area contributed by atoms with Crippen LogP contribution in [0.5, 0.6) is 0 Å². The van der Waals surface area contributed by atoms with Gasteiger partial charge >= 0.3 is 0 Å². The first kappa shape index (κ1) is 12.8. The summed E-state index contributed by atoms with van der Waals surface area (Å²) >= 11 is 1.41. The first-order valence-corrected chi connectivity index (χ1v) is 7.53. The van der Waals surface area contributed by atoms with Gasteiger partial charge < -0.3 is 5.32 Å². The number of ketones is 1. The maximum absolute atomic E-state index is 12.7. The predicted molar refractivity (Wildman–Crippen MR) is 74.0 cm³/mol. The smallest absolute Gasteiger partial charge is 0.240 e. The van der Waals surface area contributed by atoms with Crippen molar-refractivity contribution in [1.29, 1.82) is 0 Å². The number of carbonyl (C=O) groups is 2. The van der Waals surface area contributed by atoms with E-state index in [4.69, 9.17) is 0 Å². The number of aromatic nitrogens is 1. The van der Waals surface area contributed by atoms with E-state index in [1.807, 2.05) is 12.3 Å². The zero-order valence-electron chi connectivity index (χ0n) is 11.4. The Morgan fingerprint density at radius 2 is 2.26 bits per heavy atom. The fraction of sp³-hybridized carbons (Fsp3) is 0.643. The van der Waals surface area contributed by atoms with E-state index in [-0.39, 0.29) is 17.1 Å². The van der Waals surface area contributed by atoms with E-state index in [2.05, 4.69) is 24.1 Å². The molecule has 2 aliphatic carbocycles. The second-order valence-corrected chi connectivity index (χ2v) is 7.10. The number of hydrogen-bond donors (Lipinski definition) is 1. The summed E-state index contributed by atoms with van der Waals surface area (Å²) in [4.78, 5) is 29.2. The molecular weight excluding hydrogens is 260 g/mol. The monoisotopic (exact) mass is 278 g/mol. The molecule has 102 valence electrons. The van der Waals surface area contributed by atoms with Gasteiger partial charge in [0.25, 0.3) is 0 Å². The van der Waals surface area contributed by atoms with Gasteiger partial charge in [0.2, 0.25) is 5.91 Å². The lowest BCUT2D eigenvalue weighted by atomic mass is 9.68. The number of amides is 1. The largest absolute Gasteiger partial charge is 0.301 e. The van der Waals surface area contributed by atoms with Gasteiger partial charge in [-0.15, -0.1) is 11.3 Å². The quantitative estimate of drug-likeness (QED) is 0.846. The average Bonchev–Trinajstić information content (AvgIpc) is 2.89. The van der Waals surface area contributed by atoms with Crippen molar-refractivity contribution in [3.63, 3.8) is 0 Å². The summed E-state index contributed by atoms with van der Waals surface area (Å²) < 4.78 is 0. The van der Waals surface area contributed by atoms with Crippen molar-refractivity contribution in [3.05, 3.63) is 11.1 Å². The second kappa shape index (κ2) is 3.88. The highest BCUT2D eigenvalue weighted by Crippen LogP contribution is 2.64. The number of fused-ring (bicyclic) bond motifs is 2. The van der Waals surface area contributed by atoms with Crippen LogP contribution in [0, 0.1) is 23.7 Å². The van der Waals surface area contributed by atoms with Crippen LogP contribution < -0.4 is 5.32 Å². The van der Waals surface area contributed by atoms with Crippen molar-refractivity contribution in [1.82, 2.24) is 4.98 Å². The molecule has 1 aromatic rings. The van der Waals surface area contributed by atoms with E-state index in [1.54, 1.807) is 0 Å². The van der Waals surface area contributed by atoms with E-state index in [9.17, 15) is 9.59 Å². The Hall–Kier alpha value is -1.23. The van der Waals surface area contributed by atoms with E-state index in [0.717, 1.165) is 12.1 Å². The Bertz CT molecular complexity index is 564. The highest BCUT2D eigenvalue weighted by Gasteiger charge is 2.68. The molecule has 2 unspecified atom stereocenters. The minimum Gasteiger partial charge on any atom is -0.301 e. The summed E-state index contributed by atoms with van der Waals surface area (Å²) in [7, 11) is 0. The van der Waals surface area contributed by atoms with Crippen LogP contribution in [0.3, 0.4) is 0 Å². The normalized spacial score (nSPS) is 31.7. The second-order valence-electron chi connectivity index (χ2n) is 6.24. The molecule has 0 aromatic carbocycles. The third kappa shape index (κ3) is 1.54. The molecule has 2 bridgehead atoms. The fourth-order valence-corrected chi connectivity index (χ4v) is 4.51. The molecule has 0 saturated heterocycles. The van der Waals surface area contributed by atoms with Gasteiger partial charge in [-0.05, 0) is 31.1 Å². The van der Waals surface area contributed by atoms with E-state index >= 15 is 0 Å². The molecule has 0 radical (unpaired) electrons. The molecule has 2 fully saturated rings. The lowest BCUT2D eigenvalue weighted by Gasteiger charge is -2.34. The Morgan fingerprint density at radius 3 is 2.74 bits per heavy atom. The van der Waals surface area contributed by atoms with Gasteiger partial charge in [0.1, 0.15) is 11.2 Å². The van der Waals surface area contributed by atoms with Crippen LogP contribution in [0.25, 0.3) is 0 Å². The van der Waals surface area contributed by atoms with Crippen molar-refractivity contribution in [2.75, 3.05) is 5.32 Å². The first-order chi connectivity index (χ1) is 8.88. The van der Waals surface area contributed by atoms with Crippen LogP contribution >= 0.6 is 11.3 Å². The topological polar surface area (TPSA) is 59.1 Å². The zero-order valence-corrected chi connectivity index (χ0v) is 12.3. The molecule has 3 rings (SSSR count). The summed E-state index contributed by atoms with van der Waals surface area (Å²) in [6.45, 7) is 6.01. The number of hydrogen-bond acceptors (Lipinski definition) is 4. The summed E-state index contributed by atoms with van der Waals surface area (Å²) in [5.74, 6) is 0.306. The lowest BCUT2D eigenvalue weighted by Crippen LogP contribution is -2.46.